The van der Waals surface area contributed by atoms with Gasteiger partial charge in [0.2, 0.25) is 11.8 Å². The molecule has 0 aliphatic heterocycles. The fraction of sp³-hybridized carbons (Fsp3) is 0.297. The molecule has 48 heavy (non-hydrogen) atoms. The average Bonchev–Trinajstić information content (AvgIpc) is 3.08. The lowest BCUT2D eigenvalue weighted by Gasteiger charge is -2.34. The first-order valence-corrected chi connectivity index (χ1v) is 17.6. The number of carbonyl (C=O) groups is 2. The van der Waals surface area contributed by atoms with Crippen LogP contribution in [0.4, 0.5) is 5.69 Å². The summed E-state index contributed by atoms with van der Waals surface area (Å²) >= 11 is 6.09. The van der Waals surface area contributed by atoms with Crippen molar-refractivity contribution in [2.45, 2.75) is 44.7 Å². The van der Waals surface area contributed by atoms with Crippen LogP contribution in [0.15, 0.2) is 108 Å². The maximum absolute atomic E-state index is 14.7. The minimum atomic E-state index is -4.32. The highest BCUT2D eigenvalue weighted by Gasteiger charge is 2.35. The van der Waals surface area contributed by atoms with Crippen LogP contribution < -0.4 is 19.1 Å². The number of hydrogen-bond donors (Lipinski definition) is 1. The molecule has 1 N–H and O–H groups in total. The van der Waals surface area contributed by atoms with Crippen LogP contribution in [0.1, 0.15) is 31.9 Å². The van der Waals surface area contributed by atoms with Gasteiger partial charge in [-0.25, -0.2) is 8.42 Å². The Balaban J connectivity index is 1.84. The molecule has 0 bridgehead atoms. The predicted octanol–water partition coefficient (Wildman–Crippen LogP) is 6.35. The monoisotopic (exact) mass is 691 g/mol. The van der Waals surface area contributed by atoms with Crippen molar-refractivity contribution < 1.29 is 27.5 Å². The van der Waals surface area contributed by atoms with Gasteiger partial charge in [0.15, 0.2) is 0 Å². The number of rotatable bonds is 16. The third-order valence-electron chi connectivity index (χ3n) is 7.56. The van der Waals surface area contributed by atoms with E-state index < -0.39 is 28.5 Å². The fourth-order valence-electron chi connectivity index (χ4n) is 5.13. The molecule has 11 heteroatoms. The van der Waals surface area contributed by atoms with E-state index in [2.05, 4.69) is 5.32 Å². The van der Waals surface area contributed by atoms with Crippen molar-refractivity contribution in [1.82, 2.24) is 10.2 Å². The average molecular weight is 692 g/mol. The van der Waals surface area contributed by atoms with Crippen LogP contribution in [0.25, 0.3) is 0 Å². The van der Waals surface area contributed by atoms with Gasteiger partial charge in [0.1, 0.15) is 24.1 Å². The van der Waals surface area contributed by atoms with Gasteiger partial charge >= 0.3 is 0 Å². The van der Waals surface area contributed by atoms with E-state index in [0.717, 1.165) is 9.87 Å². The smallest absolute Gasteiger partial charge is 0.264 e. The second-order valence-electron chi connectivity index (χ2n) is 11.6. The van der Waals surface area contributed by atoms with Gasteiger partial charge in [0.25, 0.3) is 10.0 Å². The first-order chi connectivity index (χ1) is 23.0. The molecule has 0 fully saturated rings. The van der Waals surface area contributed by atoms with Crippen LogP contribution in [-0.4, -0.2) is 58.0 Å². The van der Waals surface area contributed by atoms with Gasteiger partial charge in [-0.15, -0.1) is 0 Å². The standard InChI is InChI=1S/C37H42ClN3O6S/c1-5-47-35-17-10-9-16-33(35)41(48(44,45)32-20-18-30(38)19-21-32)26-36(42)40(25-29-14-11-15-31(22-29)46-4)34(37(43)39-24-27(2)3)23-28-12-7-6-8-13-28/h6-22,27,34H,5,23-26H2,1-4H3,(H,39,43)/t34-/m1/s1. The maximum Gasteiger partial charge on any atom is 0.264 e. The molecule has 0 saturated heterocycles. The Labute approximate surface area is 288 Å². The number of carbonyl (C=O) groups excluding carboxylic acids is 2. The highest BCUT2D eigenvalue weighted by molar-refractivity contribution is 7.92. The molecule has 254 valence electrons. The third kappa shape index (κ3) is 9.51. The number of sulfonamides is 1. The van der Waals surface area contributed by atoms with Crippen molar-refractivity contribution >= 4 is 39.1 Å². The number of methoxy groups -OCH3 is 1. The van der Waals surface area contributed by atoms with E-state index in [-0.39, 0.29) is 42.0 Å². The minimum Gasteiger partial charge on any atom is -0.497 e. The summed E-state index contributed by atoms with van der Waals surface area (Å²) in [5, 5.41) is 3.36. The van der Waals surface area contributed by atoms with Gasteiger partial charge in [0, 0.05) is 24.5 Å². The Bertz CT molecular complexity index is 1770. The lowest BCUT2D eigenvalue weighted by molar-refractivity contribution is -0.140. The molecule has 2 amide bonds. The van der Waals surface area contributed by atoms with E-state index in [1.54, 1.807) is 56.5 Å². The summed E-state index contributed by atoms with van der Waals surface area (Å²) in [6.07, 6.45) is 0.208. The molecule has 0 aromatic heterocycles. The Morgan fingerprint density at radius 3 is 2.21 bits per heavy atom. The van der Waals surface area contributed by atoms with Gasteiger partial charge in [-0.3, -0.25) is 13.9 Å². The number of nitrogens with one attached hydrogen (secondary N) is 1. The lowest BCUT2D eigenvalue weighted by Crippen LogP contribution is -2.53. The van der Waals surface area contributed by atoms with E-state index in [0.29, 0.717) is 28.6 Å². The van der Waals surface area contributed by atoms with Gasteiger partial charge < -0.3 is 19.7 Å². The second-order valence-corrected chi connectivity index (χ2v) is 13.9. The molecule has 4 aromatic carbocycles. The molecule has 0 saturated carbocycles. The first-order valence-electron chi connectivity index (χ1n) is 15.8. The summed E-state index contributed by atoms with van der Waals surface area (Å²) < 4.78 is 41.0. The molecular formula is C37H42ClN3O6S. The summed E-state index contributed by atoms with van der Waals surface area (Å²) in [7, 11) is -2.77. The number of hydrogen-bond acceptors (Lipinski definition) is 6. The van der Waals surface area contributed by atoms with Crippen molar-refractivity contribution in [3.05, 3.63) is 119 Å². The topological polar surface area (TPSA) is 105 Å². The van der Waals surface area contributed by atoms with Crippen LogP contribution in [0.5, 0.6) is 11.5 Å². The van der Waals surface area contributed by atoms with Crippen LogP contribution >= 0.6 is 11.6 Å². The van der Waals surface area contributed by atoms with Crippen molar-refractivity contribution in [2.24, 2.45) is 5.92 Å². The molecule has 0 unspecified atom stereocenters. The summed E-state index contributed by atoms with van der Waals surface area (Å²) in [4.78, 5) is 30.1. The van der Waals surface area contributed by atoms with E-state index in [4.69, 9.17) is 21.1 Å². The highest BCUT2D eigenvalue weighted by Crippen LogP contribution is 2.33. The number of ether oxygens (including phenoxy) is 2. The van der Waals surface area contributed by atoms with Crippen molar-refractivity contribution in [2.75, 3.05) is 31.1 Å². The predicted molar refractivity (Wildman–Crippen MR) is 189 cm³/mol. The van der Waals surface area contributed by atoms with Crippen LogP contribution in [-0.2, 0) is 32.6 Å². The van der Waals surface area contributed by atoms with Crippen LogP contribution in [0.3, 0.4) is 0 Å². The number of anilines is 1. The zero-order valence-electron chi connectivity index (χ0n) is 27.6. The third-order valence-corrected chi connectivity index (χ3v) is 9.58. The molecule has 0 heterocycles. The highest BCUT2D eigenvalue weighted by atomic mass is 35.5. The Hall–Kier alpha value is -4.54. The minimum absolute atomic E-state index is 0.0184. The molecule has 1 atom stereocenters. The summed E-state index contributed by atoms with van der Waals surface area (Å²) in [6, 6.07) is 28.1. The van der Waals surface area contributed by atoms with Gasteiger partial charge in [-0.05, 0) is 72.5 Å². The van der Waals surface area contributed by atoms with Crippen molar-refractivity contribution in [3.8, 4) is 11.5 Å². The lowest BCUT2D eigenvalue weighted by atomic mass is 10.0. The SMILES string of the molecule is CCOc1ccccc1N(CC(=O)N(Cc1cccc(OC)c1)[C@H](Cc1ccccc1)C(=O)NCC(C)C)S(=O)(=O)c1ccc(Cl)cc1. The summed E-state index contributed by atoms with van der Waals surface area (Å²) in [5.74, 6) is 0.124. The van der Waals surface area contributed by atoms with Gasteiger partial charge in [0.05, 0.1) is 24.3 Å². The van der Waals surface area contributed by atoms with Gasteiger partial charge in [-0.2, -0.15) is 0 Å². The van der Waals surface area contributed by atoms with Crippen molar-refractivity contribution in [3.63, 3.8) is 0 Å². The van der Waals surface area contributed by atoms with E-state index in [9.17, 15) is 18.0 Å². The molecule has 0 radical (unpaired) electrons. The van der Waals surface area contributed by atoms with Gasteiger partial charge in [-0.1, -0.05) is 80.0 Å². The number of para-hydroxylation sites is 2. The Morgan fingerprint density at radius 2 is 1.54 bits per heavy atom. The number of amides is 2. The maximum atomic E-state index is 14.7. The largest absolute Gasteiger partial charge is 0.497 e. The molecule has 4 aromatic rings. The normalized spacial score (nSPS) is 11.9. The Kier molecular flexibility index (Phi) is 12.9. The van der Waals surface area contributed by atoms with Crippen LogP contribution in [0.2, 0.25) is 5.02 Å². The molecule has 9 nitrogen and oxygen atoms in total. The van der Waals surface area contributed by atoms with E-state index in [1.807, 2.05) is 50.2 Å². The summed E-state index contributed by atoms with van der Waals surface area (Å²) in [5.41, 5.74) is 1.74. The Morgan fingerprint density at radius 1 is 0.875 bits per heavy atom. The van der Waals surface area contributed by atoms with Crippen LogP contribution in [0, 0.1) is 5.92 Å². The van der Waals surface area contributed by atoms with E-state index >= 15 is 0 Å². The summed E-state index contributed by atoms with van der Waals surface area (Å²) in [6.45, 7) is 5.86. The number of nitrogens with zero attached hydrogens (tertiary/aromatic N) is 2. The molecule has 4 rings (SSSR count). The molecule has 0 spiro atoms. The fourth-order valence-corrected chi connectivity index (χ4v) is 6.68. The zero-order valence-corrected chi connectivity index (χ0v) is 29.2. The quantitative estimate of drug-likeness (QED) is 0.147. The van der Waals surface area contributed by atoms with E-state index in [1.165, 1.54) is 29.2 Å². The number of benzene rings is 4. The molecular weight excluding hydrogens is 650 g/mol. The first kappa shape index (κ1) is 36.3. The second kappa shape index (κ2) is 17.0. The zero-order chi connectivity index (χ0) is 34.7. The number of halogens is 1. The molecule has 0 aliphatic rings. The van der Waals surface area contributed by atoms with Crippen molar-refractivity contribution in [1.29, 1.82) is 0 Å². The molecule has 0 aliphatic carbocycles.